The summed E-state index contributed by atoms with van der Waals surface area (Å²) in [6, 6.07) is 2.29. The fourth-order valence-electron chi connectivity index (χ4n) is 2.92. The van der Waals surface area contributed by atoms with Crippen molar-refractivity contribution in [3.8, 4) is 0 Å². The van der Waals surface area contributed by atoms with Crippen LogP contribution in [0.1, 0.15) is 52.2 Å². The zero-order chi connectivity index (χ0) is 16.9. The lowest BCUT2D eigenvalue weighted by Crippen LogP contribution is -2.44. The Hall–Kier alpha value is -1.01. The maximum Gasteiger partial charge on any atom is 0.407 e. The molecule has 0 saturated heterocycles. The van der Waals surface area contributed by atoms with Crippen LogP contribution >= 0.6 is 15.9 Å². The maximum atomic E-state index is 11.8. The second-order valence-corrected chi connectivity index (χ2v) is 7.96. The molecule has 5 nitrogen and oxygen atoms in total. The number of ether oxygens (including phenoxy) is 1. The van der Waals surface area contributed by atoms with Crippen LogP contribution < -0.4 is 10.6 Å². The number of nitrogens with one attached hydrogen (secondary N) is 2. The number of hydrogen-bond donors (Lipinski definition) is 2. The molecule has 1 aromatic heterocycles. The van der Waals surface area contributed by atoms with Gasteiger partial charge in [-0.2, -0.15) is 0 Å². The zero-order valence-corrected chi connectivity index (χ0v) is 15.7. The average molecular weight is 387 g/mol. The fourth-order valence-corrected chi connectivity index (χ4v) is 3.27. The molecule has 2 atom stereocenters. The number of rotatable bonds is 5. The molecule has 1 aromatic rings. The topological polar surface area (TPSA) is 63.5 Å². The normalized spacial score (nSPS) is 21.9. The van der Waals surface area contributed by atoms with Crippen LogP contribution in [0.2, 0.25) is 0 Å². The maximum absolute atomic E-state index is 11.8. The van der Waals surface area contributed by atoms with Crippen LogP contribution in [-0.2, 0) is 11.3 Å². The van der Waals surface area contributed by atoms with Gasteiger partial charge in [0.2, 0.25) is 0 Å². The van der Waals surface area contributed by atoms with Gasteiger partial charge in [0.1, 0.15) is 11.4 Å². The standard InChI is InChI=1S/C17H27BrN2O3/c1-17(2,3)23-16(21)20-10-12-6-4-5-7-14(12)19-11-15-13(18)8-9-22-15/h8-9,12,14,19H,4-7,10-11H2,1-3H3,(H,20,21). The van der Waals surface area contributed by atoms with Crippen LogP contribution in [0.3, 0.4) is 0 Å². The summed E-state index contributed by atoms with van der Waals surface area (Å²) in [6.45, 7) is 6.96. The van der Waals surface area contributed by atoms with Gasteiger partial charge in [0.05, 0.1) is 17.3 Å². The van der Waals surface area contributed by atoms with Gasteiger partial charge >= 0.3 is 6.09 Å². The van der Waals surface area contributed by atoms with E-state index in [0.717, 1.165) is 23.1 Å². The predicted octanol–water partition coefficient (Wildman–Crippen LogP) is 4.22. The summed E-state index contributed by atoms with van der Waals surface area (Å²) in [6.07, 6.45) is 6.02. The first-order valence-electron chi connectivity index (χ1n) is 8.27. The van der Waals surface area contributed by atoms with Crippen molar-refractivity contribution in [3.63, 3.8) is 0 Å². The van der Waals surface area contributed by atoms with Crippen LogP contribution in [0.4, 0.5) is 4.79 Å². The number of alkyl carbamates (subject to hydrolysis) is 1. The van der Waals surface area contributed by atoms with E-state index < -0.39 is 5.60 Å². The molecule has 2 unspecified atom stereocenters. The molecule has 130 valence electrons. The molecule has 1 heterocycles. The van der Waals surface area contributed by atoms with Crippen LogP contribution in [-0.4, -0.2) is 24.3 Å². The van der Waals surface area contributed by atoms with Gasteiger partial charge in [-0.3, -0.25) is 0 Å². The zero-order valence-electron chi connectivity index (χ0n) is 14.2. The quantitative estimate of drug-likeness (QED) is 0.794. The Bertz CT molecular complexity index is 510. The fraction of sp³-hybridized carbons (Fsp3) is 0.706. The third-order valence-electron chi connectivity index (χ3n) is 4.03. The van der Waals surface area contributed by atoms with Crippen molar-refractivity contribution < 1.29 is 13.9 Å². The Morgan fingerprint density at radius 3 is 2.78 bits per heavy atom. The molecule has 0 bridgehead atoms. The SMILES string of the molecule is CC(C)(C)OC(=O)NCC1CCCCC1NCc1occc1Br. The number of furan rings is 1. The lowest BCUT2D eigenvalue weighted by molar-refractivity contribution is 0.0510. The van der Waals surface area contributed by atoms with Crippen LogP contribution in [0, 0.1) is 5.92 Å². The summed E-state index contributed by atoms with van der Waals surface area (Å²) in [5.41, 5.74) is -0.458. The molecule has 0 aromatic carbocycles. The highest BCUT2D eigenvalue weighted by Crippen LogP contribution is 2.25. The van der Waals surface area contributed by atoms with Gasteiger partial charge in [-0.1, -0.05) is 12.8 Å². The molecular weight excluding hydrogens is 360 g/mol. The number of hydrogen-bond acceptors (Lipinski definition) is 4. The number of carbonyl (C=O) groups excluding carboxylic acids is 1. The molecule has 0 aliphatic heterocycles. The minimum atomic E-state index is -0.458. The molecule has 1 amide bonds. The third kappa shape index (κ3) is 6.18. The van der Waals surface area contributed by atoms with E-state index >= 15 is 0 Å². The highest BCUT2D eigenvalue weighted by atomic mass is 79.9. The molecule has 0 radical (unpaired) electrons. The average Bonchev–Trinajstić information content (AvgIpc) is 2.87. The molecule has 1 aliphatic rings. The largest absolute Gasteiger partial charge is 0.467 e. The summed E-state index contributed by atoms with van der Waals surface area (Å²) in [7, 11) is 0. The van der Waals surface area contributed by atoms with E-state index in [1.807, 2.05) is 26.8 Å². The predicted molar refractivity (Wildman–Crippen MR) is 93.2 cm³/mol. The van der Waals surface area contributed by atoms with Gasteiger partial charge in [0, 0.05) is 12.6 Å². The Morgan fingerprint density at radius 1 is 1.39 bits per heavy atom. The van der Waals surface area contributed by atoms with Crippen molar-refractivity contribution in [3.05, 3.63) is 22.6 Å². The molecule has 23 heavy (non-hydrogen) atoms. The smallest absolute Gasteiger partial charge is 0.407 e. The first kappa shape index (κ1) is 18.3. The van der Waals surface area contributed by atoms with Crippen LogP contribution in [0.25, 0.3) is 0 Å². The Balaban J connectivity index is 1.81. The molecule has 1 fully saturated rings. The van der Waals surface area contributed by atoms with Crippen molar-refractivity contribution in [2.24, 2.45) is 5.92 Å². The minimum absolute atomic E-state index is 0.337. The van der Waals surface area contributed by atoms with E-state index in [0.29, 0.717) is 25.0 Å². The van der Waals surface area contributed by atoms with E-state index in [1.54, 1.807) is 6.26 Å². The lowest BCUT2D eigenvalue weighted by Gasteiger charge is -2.32. The van der Waals surface area contributed by atoms with Crippen LogP contribution in [0.15, 0.2) is 21.2 Å². The van der Waals surface area contributed by atoms with Gasteiger partial charge in [-0.05, 0) is 61.5 Å². The molecule has 1 aliphatic carbocycles. The summed E-state index contributed by atoms with van der Waals surface area (Å²) < 4.78 is 11.7. The third-order valence-corrected chi connectivity index (χ3v) is 4.74. The van der Waals surface area contributed by atoms with Crippen molar-refractivity contribution in [2.45, 2.75) is 64.6 Å². The molecule has 2 rings (SSSR count). The van der Waals surface area contributed by atoms with E-state index in [2.05, 4.69) is 26.6 Å². The monoisotopic (exact) mass is 386 g/mol. The Morgan fingerprint density at radius 2 is 2.13 bits per heavy atom. The van der Waals surface area contributed by atoms with Crippen molar-refractivity contribution in [2.75, 3.05) is 6.54 Å². The van der Waals surface area contributed by atoms with E-state index in [1.165, 1.54) is 12.8 Å². The Kier molecular flexibility index (Phi) is 6.53. The van der Waals surface area contributed by atoms with Crippen molar-refractivity contribution >= 4 is 22.0 Å². The minimum Gasteiger partial charge on any atom is -0.467 e. The van der Waals surface area contributed by atoms with Crippen molar-refractivity contribution in [1.82, 2.24) is 10.6 Å². The highest BCUT2D eigenvalue weighted by molar-refractivity contribution is 9.10. The Labute approximate surface area is 146 Å². The molecular formula is C17H27BrN2O3. The first-order valence-corrected chi connectivity index (χ1v) is 9.06. The molecule has 0 spiro atoms. The molecule has 6 heteroatoms. The van der Waals surface area contributed by atoms with Crippen LogP contribution in [0.5, 0.6) is 0 Å². The summed E-state index contributed by atoms with van der Waals surface area (Å²) >= 11 is 3.48. The number of halogens is 1. The van der Waals surface area contributed by atoms with E-state index in [9.17, 15) is 4.79 Å². The van der Waals surface area contributed by atoms with Gasteiger partial charge in [-0.15, -0.1) is 0 Å². The lowest BCUT2D eigenvalue weighted by atomic mass is 9.84. The van der Waals surface area contributed by atoms with Crippen molar-refractivity contribution in [1.29, 1.82) is 0 Å². The molecule has 1 saturated carbocycles. The van der Waals surface area contributed by atoms with Gasteiger partial charge in [0.15, 0.2) is 0 Å². The second-order valence-electron chi connectivity index (χ2n) is 7.11. The van der Waals surface area contributed by atoms with E-state index in [-0.39, 0.29) is 6.09 Å². The summed E-state index contributed by atoms with van der Waals surface area (Å²) in [4.78, 5) is 11.8. The van der Waals surface area contributed by atoms with Gasteiger partial charge in [-0.25, -0.2) is 4.79 Å². The van der Waals surface area contributed by atoms with Gasteiger partial charge < -0.3 is 19.8 Å². The summed E-state index contributed by atoms with van der Waals surface area (Å²) in [5, 5.41) is 6.48. The van der Waals surface area contributed by atoms with Gasteiger partial charge in [0.25, 0.3) is 0 Å². The summed E-state index contributed by atoms with van der Waals surface area (Å²) in [5.74, 6) is 1.33. The first-order chi connectivity index (χ1) is 10.8. The number of amides is 1. The number of carbonyl (C=O) groups is 1. The molecule has 2 N–H and O–H groups in total. The van der Waals surface area contributed by atoms with E-state index in [4.69, 9.17) is 9.15 Å². The second kappa shape index (κ2) is 8.20. The highest BCUT2D eigenvalue weighted by Gasteiger charge is 2.26.